The minimum absolute atomic E-state index is 0.0403. The lowest BCUT2D eigenvalue weighted by Crippen LogP contribution is -2.35. The van der Waals surface area contributed by atoms with Crippen LogP contribution in [0.4, 0.5) is 4.39 Å². The van der Waals surface area contributed by atoms with Crippen molar-refractivity contribution in [2.45, 2.75) is 33.1 Å². The first-order valence-corrected chi connectivity index (χ1v) is 10.5. The molecule has 0 spiro atoms. The summed E-state index contributed by atoms with van der Waals surface area (Å²) in [5.74, 6) is -0.697. The second-order valence-electron chi connectivity index (χ2n) is 7.81. The number of halogens is 1. The summed E-state index contributed by atoms with van der Waals surface area (Å²) in [6, 6.07) is 19.7. The molecule has 0 aliphatic rings. The highest BCUT2D eigenvalue weighted by molar-refractivity contribution is 5.96. The molecule has 0 fully saturated rings. The standard InChI is InChI=1S/C26H26FNO5/c1-18(2)33-23-12-8-19(9-13-23)15-28(16-25(29)30)26(31)21-4-3-5-24(14-21)32-17-20-6-10-22(27)11-7-20/h3-14,18H,15-17H2,1-2H3,(H,29,30). The lowest BCUT2D eigenvalue weighted by Gasteiger charge is -2.21. The van der Waals surface area contributed by atoms with E-state index >= 15 is 0 Å². The Morgan fingerprint density at radius 2 is 1.61 bits per heavy atom. The molecule has 3 aromatic carbocycles. The van der Waals surface area contributed by atoms with Crippen LogP contribution in [0.1, 0.15) is 35.3 Å². The van der Waals surface area contributed by atoms with Crippen LogP contribution in [0.5, 0.6) is 11.5 Å². The zero-order chi connectivity index (χ0) is 23.8. The van der Waals surface area contributed by atoms with Crippen molar-refractivity contribution in [2.75, 3.05) is 6.54 Å². The molecule has 0 radical (unpaired) electrons. The molecule has 0 aliphatic heterocycles. The normalized spacial score (nSPS) is 10.7. The summed E-state index contributed by atoms with van der Waals surface area (Å²) in [5, 5.41) is 9.32. The van der Waals surface area contributed by atoms with Crippen LogP contribution in [0, 0.1) is 5.82 Å². The molecule has 0 saturated carbocycles. The van der Waals surface area contributed by atoms with Crippen LogP contribution in [0.2, 0.25) is 0 Å². The van der Waals surface area contributed by atoms with Crippen molar-refractivity contribution in [2.24, 2.45) is 0 Å². The minimum Gasteiger partial charge on any atom is -0.491 e. The van der Waals surface area contributed by atoms with E-state index in [-0.39, 0.29) is 25.1 Å². The largest absolute Gasteiger partial charge is 0.491 e. The lowest BCUT2D eigenvalue weighted by atomic mass is 10.1. The fraction of sp³-hybridized carbons (Fsp3) is 0.231. The van der Waals surface area contributed by atoms with Gasteiger partial charge in [-0.2, -0.15) is 0 Å². The summed E-state index contributed by atoms with van der Waals surface area (Å²) in [7, 11) is 0. The van der Waals surface area contributed by atoms with E-state index in [0.29, 0.717) is 17.1 Å². The number of ether oxygens (including phenoxy) is 2. The number of carbonyl (C=O) groups is 2. The van der Waals surface area contributed by atoms with Crippen molar-refractivity contribution >= 4 is 11.9 Å². The third-order valence-electron chi connectivity index (χ3n) is 4.68. The number of carbonyl (C=O) groups excluding carboxylic acids is 1. The number of aliphatic carboxylic acids is 1. The SMILES string of the molecule is CC(C)Oc1ccc(CN(CC(=O)O)C(=O)c2cccc(OCc3ccc(F)cc3)c2)cc1. The Morgan fingerprint density at radius 1 is 0.939 bits per heavy atom. The molecule has 0 atom stereocenters. The van der Waals surface area contributed by atoms with Crippen molar-refractivity contribution in [1.82, 2.24) is 4.90 Å². The van der Waals surface area contributed by atoms with E-state index < -0.39 is 18.4 Å². The number of benzene rings is 3. The van der Waals surface area contributed by atoms with Gasteiger partial charge in [0.25, 0.3) is 5.91 Å². The van der Waals surface area contributed by atoms with E-state index in [1.807, 2.05) is 26.0 Å². The maximum atomic E-state index is 13.1. The molecule has 0 aliphatic carbocycles. The molecule has 7 heteroatoms. The molecule has 33 heavy (non-hydrogen) atoms. The first kappa shape index (κ1) is 23.8. The maximum absolute atomic E-state index is 13.1. The van der Waals surface area contributed by atoms with E-state index in [2.05, 4.69) is 0 Å². The van der Waals surface area contributed by atoms with Gasteiger partial charge in [-0.05, 0) is 67.4 Å². The van der Waals surface area contributed by atoms with Crippen molar-refractivity contribution in [3.63, 3.8) is 0 Å². The van der Waals surface area contributed by atoms with E-state index in [4.69, 9.17) is 9.47 Å². The first-order chi connectivity index (χ1) is 15.8. The van der Waals surface area contributed by atoms with Gasteiger partial charge < -0.3 is 19.5 Å². The third kappa shape index (κ3) is 7.35. The van der Waals surface area contributed by atoms with Crippen LogP contribution >= 0.6 is 0 Å². The summed E-state index contributed by atoms with van der Waals surface area (Å²) < 4.78 is 24.4. The highest BCUT2D eigenvalue weighted by atomic mass is 19.1. The van der Waals surface area contributed by atoms with Crippen molar-refractivity contribution in [3.8, 4) is 11.5 Å². The number of nitrogens with zero attached hydrogens (tertiary/aromatic N) is 1. The number of hydrogen-bond donors (Lipinski definition) is 1. The van der Waals surface area contributed by atoms with Gasteiger partial charge >= 0.3 is 5.97 Å². The number of carboxylic acid groups (broad SMARTS) is 1. The van der Waals surface area contributed by atoms with Crippen LogP contribution in [-0.4, -0.2) is 34.5 Å². The maximum Gasteiger partial charge on any atom is 0.323 e. The van der Waals surface area contributed by atoms with Gasteiger partial charge in [-0.3, -0.25) is 9.59 Å². The summed E-state index contributed by atoms with van der Waals surface area (Å²) >= 11 is 0. The van der Waals surface area contributed by atoms with Gasteiger partial charge in [0.2, 0.25) is 0 Å². The molecular weight excluding hydrogens is 425 g/mol. The summed E-state index contributed by atoms with van der Waals surface area (Å²) in [6.45, 7) is 3.76. The van der Waals surface area contributed by atoms with Crippen LogP contribution in [-0.2, 0) is 17.9 Å². The number of hydrogen-bond acceptors (Lipinski definition) is 4. The molecule has 3 rings (SSSR count). The Kier molecular flexibility index (Phi) is 8.02. The molecule has 6 nitrogen and oxygen atoms in total. The molecule has 0 unspecified atom stereocenters. The van der Waals surface area contributed by atoms with Gasteiger partial charge in [0.05, 0.1) is 6.10 Å². The second kappa shape index (κ2) is 11.1. The van der Waals surface area contributed by atoms with Gasteiger partial charge in [-0.15, -0.1) is 0 Å². The highest BCUT2D eigenvalue weighted by Gasteiger charge is 2.19. The number of rotatable bonds is 10. The van der Waals surface area contributed by atoms with Gasteiger partial charge in [-0.1, -0.05) is 30.3 Å². The third-order valence-corrected chi connectivity index (χ3v) is 4.68. The molecule has 1 amide bonds. The van der Waals surface area contributed by atoms with Crippen molar-refractivity contribution < 1.29 is 28.6 Å². The van der Waals surface area contributed by atoms with Gasteiger partial charge in [0.1, 0.15) is 30.5 Å². The molecule has 172 valence electrons. The Labute approximate surface area is 192 Å². The molecule has 0 heterocycles. The summed E-state index contributed by atoms with van der Waals surface area (Å²) in [4.78, 5) is 25.8. The topological polar surface area (TPSA) is 76.1 Å². The quantitative estimate of drug-likeness (QED) is 0.474. The highest BCUT2D eigenvalue weighted by Crippen LogP contribution is 2.19. The van der Waals surface area contributed by atoms with Crippen LogP contribution < -0.4 is 9.47 Å². The van der Waals surface area contributed by atoms with Crippen LogP contribution in [0.15, 0.2) is 72.8 Å². The molecule has 0 aromatic heterocycles. The first-order valence-electron chi connectivity index (χ1n) is 10.5. The van der Waals surface area contributed by atoms with Crippen LogP contribution in [0.25, 0.3) is 0 Å². The average Bonchev–Trinajstić information content (AvgIpc) is 2.78. The fourth-order valence-corrected chi connectivity index (χ4v) is 3.18. The average molecular weight is 451 g/mol. The predicted octanol–water partition coefficient (Wildman–Crippen LogP) is 4.92. The Hall–Kier alpha value is -3.87. The fourth-order valence-electron chi connectivity index (χ4n) is 3.18. The van der Waals surface area contributed by atoms with Gasteiger partial charge in [-0.25, -0.2) is 4.39 Å². The van der Waals surface area contributed by atoms with Gasteiger partial charge in [0.15, 0.2) is 0 Å². The zero-order valence-corrected chi connectivity index (χ0v) is 18.5. The van der Waals surface area contributed by atoms with E-state index in [1.165, 1.54) is 17.0 Å². The van der Waals surface area contributed by atoms with Crippen molar-refractivity contribution in [1.29, 1.82) is 0 Å². The molecule has 1 N–H and O–H groups in total. The molecule has 3 aromatic rings. The monoisotopic (exact) mass is 451 g/mol. The van der Waals surface area contributed by atoms with E-state index in [0.717, 1.165) is 11.1 Å². The molecule has 0 bridgehead atoms. The number of carboxylic acids is 1. The lowest BCUT2D eigenvalue weighted by molar-refractivity contribution is -0.137. The predicted molar refractivity (Wildman–Crippen MR) is 122 cm³/mol. The number of amides is 1. The Bertz CT molecular complexity index is 1080. The zero-order valence-electron chi connectivity index (χ0n) is 18.5. The van der Waals surface area contributed by atoms with E-state index in [9.17, 15) is 19.1 Å². The van der Waals surface area contributed by atoms with Gasteiger partial charge in [0, 0.05) is 12.1 Å². The van der Waals surface area contributed by atoms with E-state index in [1.54, 1.807) is 48.5 Å². The van der Waals surface area contributed by atoms with Crippen molar-refractivity contribution in [3.05, 3.63) is 95.3 Å². The molecular formula is C26H26FNO5. The second-order valence-corrected chi connectivity index (χ2v) is 7.81. The molecule has 0 saturated heterocycles. The Morgan fingerprint density at radius 3 is 2.24 bits per heavy atom. The van der Waals surface area contributed by atoms with Crippen LogP contribution in [0.3, 0.4) is 0 Å². The minimum atomic E-state index is -1.10. The Balaban J connectivity index is 1.71. The summed E-state index contributed by atoms with van der Waals surface area (Å²) in [5.41, 5.74) is 1.88. The smallest absolute Gasteiger partial charge is 0.323 e. The summed E-state index contributed by atoms with van der Waals surface area (Å²) in [6.07, 6.45) is 0.0403.